The van der Waals surface area contributed by atoms with Crippen molar-refractivity contribution < 1.29 is 13.6 Å². The monoisotopic (exact) mass is 353 g/mol. The van der Waals surface area contributed by atoms with Crippen LogP contribution in [0, 0.1) is 11.7 Å². The van der Waals surface area contributed by atoms with E-state index < -0.39 is 12.1 Å². The smallest absolute Gasteiger partial charge is 0.231 e. The minimum Gasteiger partial charge on any atom is -0.309 e. The number of rotatable bonds is 4. The van der Waals surface area contributed by atoms with Crippen LogP contribution in [0.4, 0.5) is 14.6 Å². The maximum Gasteiger partial charge on any atom is 0.231 e. The van der Waals surface area contributed by atoms with Gasteiger partial charge in [0.1, 0.15) is 17.6 Å². The molecule has 0 spiro atoms. The van der Waals surface area contributed by atoms with Crippen LogP contribution in [0.5, 0.6) is 0 Å². The molecule has 132 valence electrons. The summed E-state index contributed by atoms with van der Waals surface area (Å²) in [5, 5.41) is 2.66. The largest absolute Gasteiger partial charge is 0.309 e. The van der Waals surface area contributed by atoms with Crippen LogP contribution in [0.2, 0.25) is 0 Å². The predicted octanol–water partition coefficient (Wildman–Crippen LogP) is 4.31. The van der Waals surface area contributed by atoms with Gasteiger partial charge in [0, 0.05) is 6.20 Å². The highest BCUT2D eigenvalue weighted by Gasteiger charge is 2.43. The maximum absolute atomic E-state index is 14.3. The fourth-order valence-corrected chi connectivity index (χ4v) is 3.44. The van der Waals surface area contributed by atoms with Crippen molar-refractivity contribution in [3.05, 3.63) is 54.1 Å². The van der Waals surface area contributed by atoms with Gasteiger partial charge in [0.25, 0.3) is 0 Å². The number of halogens is 2. The highest BCUT2D eigenvalue weighted by Crippen LogP contribution is 2.45. The molecule has 1 aromatic carbocycles. The molecule has 2 unspecified atom stereocenters. The molecule has 2 fully saturated rings. The average Bonchev–Trinajstić information content (AvgIpc) is 3.53. The lowest BCUT2D eigenvalue weighted by molar-refractivity contribution is -0.117. The average molecular weight is 353 g/mol. The first kappa shape index (κ1) is 15.5. The van der Waals surface area contributed by atoms with E-state index in [9.17, 15) is 13.6 Å². The molecule has 0 bridgehead atoms. The molecule has 2 heterocycles. The molecule has 0 radical (unpaired) electrons. The Kier molecular flexibility index (Phi) is 3.35. The molecular formula is C20H17F2N3O. The SMILES string of the molecule is O=C(Nc1cn2cc(-c3cccc(F)c3C3CC3)ccc2n1)C1CC1F. The molecular weight excluding hydrogens is 336 g/mol. The third kappa shape index (κ3) is 2.66. The summed E-state index contributed by atoms with van der Waals surface area (Å²) in [4.78, 5) is 16.2. The molecule has 2 aliphatic rings. The fourth-order valence-electron chi connectivity index (χ4n) is 3.44. The van der Waals surface area contributed by atoms with E-state index in [1.807, 2.05) is 24.4 Å². The third-order valence-electron chi connectivity index (χ3n) is 5.10. The number of benzene rings is 1. The van der Waals surface area contributed by atoms with E-state index in [0.717, 1.165) is 29.5 Å². The lowest BCUT2D eigenvalue weighted by atomic mass is 9.97. The van der Waals surface area contributed by atoms with Gasteiger partial charge in [-0.25, -0.2) is 13.8 Å². The molecule has 0 aliphatic heterocycles. The molecule has 2 aromatic heterocycles. The molecule has 26 heavy (non-hydrogen) atoms. The number of nitrogens with one attached hydrogen (secondary N) is 1. The van der Waals surface area contributed by atoms with Gasteiger partial charge < -0.3 is 9.72 Å². The van der Waals surface area contributed by atoms with Crippen molar-refractivity contribution in [1.29, 1.82) is 0 Å². The number of amides is 1. The number of hydrogen-bond donors (Lipinski definition) is 1. The van der Waals surface area contributed by atoms with Crippen molar-refractivity contribution in [2.75, 3.05) is 5.32 Å². The topological polar surface area (TPSA) is 46.4 Å². The van der Waals surface area contributed by atoms with Gasteiger partial charge >= 0.3 is 0 Å². The number of hydrogen-bond acceptors (Lipinski definition) is 2. The zero-order chi connectivity index (χ0) is 17.8. The summed E-state index contributed by atoms with van der Waals surface area (Å²) in [5.41, 5.74) is 3.25. The molecule has 3 aromatic rings. The lowest BCUT2D eigenvalue weighted by Crippen LogP contribution is -2.15. The van der Waals surface area contributed by atoms with Gasteiger partial charge in [0.15, 0.2) is 5.82 Å². The molecule has 1 amide bonds. The Labute approximate surface area is 148 Å². The Morgan fingerprint density at radius 3 is 2.73 bits per heavy atom. The first-order valence-electron chi connectivity index (χ1n) is 8.82. The summed E-state index contributed by atoms with van der Waals surface area (Å²) in [7, 11) is 0. The fraction of sp³-hybridized carbons (Fsp3) is 0.300. The highest BCUT2D eigenvalue weighted by atomic mass is 19.1. The van der Waals surface area contributed by atoms with Crippen molar-refractivity contribution in [3.63, 3.8) is 0 Å². The van der Waals surface area contributed by atoms with Crippen LogP contribution in [-0.4, -0.2) is 21.5 Å². The predicted molar refractivity (Wildman–Crippen MR) is 94.2 cm³/mol. The van der Waals surface area contributed by atoms with E-state index in [2.05, 4.69) is 10.3 Å². The van der Waals surface area contributed by atoms with E-state index >= 15 is 0 Å². The van der Waals surface area contributed by atoms with E-state index in [0.29, 0.717) is 17.4 Å². The Balaban J connectivity index is 1.49. The molecule has 6 heteroatoms. The highest BCUT2D eigenvalue weighted by molar-refractivity contribution is 5.94. The Hall–Kier alpha value is -2.76. The molecule has 2 aliphatic carbocycles. The number of anilines is 1. The first-order chi connectivity index (χ1) is 12.6. The second-order valence-corrected chi connectivity index (χ2v) is 7.13. The van der Waals surface area contributed by atoms with Crippen LogP contribution in [0.1, 0.15) is 30.7 Å². The van der Waals surface area contributed by atoms with Crippen molar-refractivity contribution in [1.82, 2.24) is 9.38 Å². The van der Waals surface area contributed by atoms with Gasteiger partial charge in [-0.3, -0.25) is 4.79 Å². The molecule has 1 N–H and O–H groups in total. The molecule has 5 rings (SSSR count). The van der Waals surface area contributed by atoms with Gasteiger partial charge in [-0.2, -0.15) is 0 Å². The number of carbonyl (C=O) groups is 1. The molecule has 4 nitrogen and oxygen atoms in total. The normalized spacial score (nSPS) is 21.8. The summed E-state index contributed by atoms with van der Waals surface area (Å²) < 4.78 is 29.1. The zero-order valence-electron chi connectivity index (χ0n) is 14.0. The number of pyridine rings is 1. The van der Waals surface area contributed by atoms with Gasteiger partial charge in [0.2, 0.25) is 5.91 Å². The maximum atomic E-state index is 14.3. The van der Waals surface area contributed by atoms with Crippen molar-refractivity contribution >= 4 is 17.4 Å². The second-order valence-electron chi connectivity index (χ2n) is 7.13. The second kappa shape index (κ2) is 5.62. The van der Waals surface area contributed by atoms with Gasteiger partial charge in [-0.1, -0.05) is 12.1 Å². The minimum absolute atomic E-state index is 0.158. The quantitative estimate of drug-likeness (QED) is 0.759. The first-order valence-corrected chi connectivity index (χ1v) is 8.82. The Morgan fingerprint density at radius 2 is 2.00 bits per heavy atom. The summed E-state index contributed by atoms with van der Waals surface area (Å²) in [6, 6.07) is 8.92. The standard InChI is InChI=1S/C20H17F2N3O/c21-15-3-1-2-13(19(15)11-4-5-11)12-6-7-18-23-17(10-25(18)9-12)24-20(26)14-8-16(14)22/h1-3,6-7,9-11,14,16H,4-5,8H2,(H,24,26). The summed E-state index contributed by atoms with van der Waals surface area (Å²) >= 11 is 0. The number of carbonyl (C=O) groups excluding carboxylic acids is 1. The molecule has 2 atom stereocenters. The third-order valence-corrected chi connectivity index (χ3v) is 5.10. The Bertz CT molecular complexity index is 1030. The van der Waals surface area contributed by atoms with Crippen molar-refractivity contribution in [3.8, 4) is 11.1 Å². The summed E-state index contributed by atoms with van der Waals surface area (Å²) in [6.07, 6.45) is 4.87. The minimum atomic E-state index is -1.03. The Morgan fingerprint density at radius 1 is 1.19 bits per heavy atom. The van der Waals surface area contributed by atoms with Crippen LogP contribution in [0.15, 0.2) is 42.7 Å². The van der Waals surface area contributed by atoms with Crippen LogP contribution >= 0.6 is 0 Å². The van der Waals surface area contributed by atoms with Crippen molar-refractivity contribution in [2.24, 2.45) is 5.92 Å². The number of imidazole rings is 1. The number of aromatic nitrogens is 2. The molecule has 0 saturated heterocycles. The number of nitrogens with zero attached hydrogens (tertiary/aromatic N) is 2. The van der Waals surface area contributed by atoms with E-state index in [1.54, 1.807) is 16.7 Å². The number of fused-ring (bicyclic) bond motifs is 1. The van der Waals surface area contributed by atoms with Crippen LogP contribution in [0.25, 0.3) is 16.8 Å². The van der Waals surface area contributed by atoms with E-state index in [4.69, 9.17) is 0 Å². The lowest BCUT2D eigenvalue weighted by Gasteiger charge is -2.10. The van der Waals surface area contributed by atoms with Crippen molar-refractivity contribution in [2.45, 2.75) is 31.4 Å². The van der Waals surface area contributed by atoms with E-state index in [-0.39, 0.29) is 18.1 Å². The summed E-state index contributed by atoms with van der Waals surface area (Å²) in [5.74, 6) is -0.348. The number of alkyl halides is 1. The van der Waals surface area contributed by atoms with Gasteiger partial charge in [-0.15, -0.1) is 0 Å². The van der Waals surface area contributed by atoms with Crippen LogP contribution < -0.4 is 5.32 Å². The van der Waals surface area contributed by atoms with Gasteiger partial charge in [0.05, 0.1) is 12.1 Å². The zero-order valence-corrected chi connectivity index (χ0v) is 14.0. The molecule has 2 saturated carbocycles. The van der Waals surface area contributed by atoms with Gasteiger partial charge in [-0.05, 0) is 60.1 Å². The van der Waals surface area contributed by atoms with Crippen LogP contribution in [0.3, 0.4) is 0 Å². The summed E-state index contributed by atoms with van der Waals surface area (Å²) in [6.45, 7) is 0. The van der Waals surface area contributed by atoms with Crippen LogP contribution in [-0.2, 0) is 4.79 Å². The van der Waals surface area contributed by atoms with E-state index in [1.165, 1.54) is 6.07 Å².